The first-order valence-corrected chi connectivity index (χ1v) is 15.5. The molecule has 1 aliphatic rings. The van der Waals surface area contributed by atoms with Gasteiger partial charge in [0.15, 0.2) is 0 Å². The van der Waals surface area contributed by atoms with Crippen LogP contribution in [-0.4, -0.2) is 24.3 Å². The fourth-order valence-electron chi connectivity index (χ4n) is 5.80. The number of fused-ring (bicyclic) bond motifs is 2. The zero-order valence-corrected chi connectivity index (χ0v) is 22.5. The van der Waals surface area contributed by atoms with Crippen LogP contribution in [0.2, 0.25) is 0 Å². The van der Waals surface area contributed by atoms with E-state index >= 15 is 0 Å². The Kier molecular flexibility index (Phi) is 6.92. The quantitative estimate of drug-likeness (QED) is 0.181. The zero-order chi connectivity index (χ0) is 26.7. The molecule has 0 radical (unpaired) electrons. The minimum absolute atomic E-state index is 0.115. The van der Waals surface area contributed by atoms with Crippen molar-refractivity contribution in [2.45, 2.75) is 6.42 Å². The van der Waals surface area contributed by atoms with Crippen LogP contribution in [0.1, 0.15) is 38.3 Å². The van der Waals surface area contributed by atoms with Crippen LogP contribution in [0.15, 0.2) is 133 Å². The van der Waals surface area contributed by atoms with Crippen molar-refractivity contribution in [3.05, 3.63) is 156 Å². The molecule has 0 heterocycles. The van der Waals surface area contributed by atoms with Crippen molar-refractivity contribution in [2.75, 3.05) is 12.8 Å². The van der Waals surface area contributed by atoms with Crippen molar-refractivity contribution in [3.8, 4) is 5.75 Å². The molecule has 0 N–H and O–H groups in total. The van der Waals surface area contributed by atoms with Crippen LogP contribution in [0.4, 0.5) is 0 Å². The van der Waals surface area contributed by atoms with E-state index in [0.717, 1.165) is 12.6 Å². The molecule has 0 saturated carbocycles. The second kappa shape index (κ2) is 10.8. The standard InChI is InChI=1S/C35H29O3P/c36-34-30-19-10-11-20-31(30)35(37)33-25-26(21-22-32(33)34)38-23-12-24-39(27-13-4-1-5-14-27,28-15-6-2-7-16-28)29-17-8-3-9-18-29/h1-11,13-22,25,39H,12,23-24H2. The van der Waals surface area contributed by atoms with E-state index in [2.05, 4.69) is 91.0 Å². The molecule has 3 nitrogen and oxygen atoms in total. The van der Waals surface area contributed by atoms with Gasteiger partial charge < -0.3 is 0 Å². The van der Waals surface area contributed by atoms with Crippen molar-refractivity contribution in [1.29, 1.82) is 0 Å². The number of hydrogen-bond donors (Lipinski definition) is 0. The first-order valence-electron chi connectivity index (χ1n) is 13.3. The summed E-state index contributed by atoms with van der Waals surface area (Å²) in [6, 6.07) is 44.8. The number of carbonyl (C=O) groups is 2. The van der Waals surface area contributed by atoms with E-state index in [1.54, 1.807) is 42.5 Å². The summed E-state index contributed by atoms with van der Waals surface area (Å²) < 4.78 is 6.21. The number of rotatable bonds is 8. The van der Waals surface area contributed by atoms with Gasteiger partial charge in [0.1, 0.15) is 0 Å². The third-order valence-electron chi connectivity index (χ3n) is 7.66. The van der Waals surface area contributed by atoms with Gasteiger partial charge in [-0.1, -0.05) is 0 Å². The summed E-state index contributed by atoms with van der Waals surface area (Å²) in [5.74, 6) is 0.367. The Morgan fingerprint density at radius 1 is 0.487 bits per heavy atom. The van der Waals surface area contributed by atoms with Gasteiger partial charge in [0, 0.05) is 0 Å². The number of ether oxygens (including phenoxy) is 1. The molecule has 0 amide bonds. The van der Waals surface area contributed by atoms with E-state index in [1.807, 2.05) is 0 Å². The predicted octanol–water partition coefficient (Wildman–Crippen LogP) is 5.96. The van der Waals surface area contributed by atoms with Crippen LogP contribution in [0.3, 0.4) is 0 Å². The van der Waals surface area contributed by atoms with Crippen LogP contribution in [-0.2, 0) is 0 Å². The summed E-state index contributed by atoms with van der Waals surface area (Å²) in [5, 5.41) is 4.12. The molecule has 5 aromatic rings. The SMILES string of the molecule is O=C1c2ccccc2C(=O)c2cc(OCCC[PH](c3ccccc3)(c3ccccc3)c3ccccc3)ccc21. The first kappa shape index (κ1) is 25.0. The van der Waals surface area contributed by atoms with Gasteiger partial charge in [-0.3, -0.25) is 0 Å². The van der Waals surface area contributed by atoms with Gasteiger partial charge in [0.25, 0.3) is 0 Å². The van der Waals surface area contributed by atoms with Crippen molar-refractivity contribution in [2.24, 2.45) is 0 Å². The summed E-state index contributed by atoms with van der Waals surface area (Å²) in [7, 11) is -2.32. The molecular weight excluding hydrogens is 499 g/mol. The summed E-state index contributed by atoms with van der Waals surface area (Å²) in [6.45, 7) is 0.513. The Hall–Kier alpha value is -4.33. The van der Waals surface area contributed by atoms with Crippen LogP contribution >= 0.6 is 7.26 Å². The van der Waals surface area contributed by atoms with Crippen LogP contribution in [0.25, 0.3) is 0 Å². The molecule has 0 spiro atoms. The first-order chi connectivity index (χ1) is 19.2. The van der Waals surface area contributed by atoms with Crippen molar-refractivity contribution in [3.63, 3.8) is 0 Å². The van der Waals surface area contributed by atoms with Crippen LogP contribution in [0, 0.1) is 0 Å². The van der Waals surface area contributed by atoms with Crippen molar-refractivity contribution in [1.82, 2.24) is 0 Å². The van der Waals surface area contributed by atoms with Gasteiger partial charge >= 0.3 is 230 Å². The molecular formula is C35H29O3P. The molecule has 1 aliphatic carbocycles. The maximum absolute atomic E-state index is 13.1. The van der Waals surface area contributed by atoms with Gasteiger partial charge in [-0.25, -0.2) is 0 Å². The number of hydrogen-bond acceptors (Lipinski definition) is 3. The number of benzene rings is 5. The molecule has 0 atom stereocenters. The minimum atomic E-state index is -2.32. The summed E-state index contributed by atoms with van der Waals surface area (Å²) in [6.07, 6.45) is 1.82. The van der Waals surface area contributed by atoms with Crippen molar-refractivity contribution >= 4 is 34.7 Å². The molecule has 6 rings (SSSR count). The molecule has 5 aromatic carbocycles. The molecule has 4 heteroatoms. The van der Waals surface area contributed by atoms with E-state index in [9.17, 15) is 9.59 Å². The Bertz CT molecular complexity index is 1530. The molecule has 192 valence electrons. The Balaban J connectivity index is 1.27. The van der Waals surface area contributed by atoms with Gasteiger partial charge in [0.05, 0.1) is 0 Å². The average Bonchev–Trinajstić information content (AvgIpc) is 3.01. The van der Waals surface area contributed by atoms with E-state index in [-0.39, 0.29) is 11.6 Å². The molecule has 0 unspecified atom stereocenters. The molecule has 39 heavy (non-hydrogen) atoms. The molecule has 0 fully saturated rings. The maximum atomic E-state index is 13.1. The average molecular weight is 529 g/mol. The van der Waals surface area contributed by atoms with Crippen LogP contribution < -0.4 is 20.7 Å². The third kappa shape index (κ3) is 4.60. The second-order valence-corrected chi connectivity index (χ2v) is 13.9. The van der Waals surface area contributed by atoms with Crippen LogP contribution in [0.5, 0.6) is 5.75 Å². The topological polar surface area (TPSA) is 43.4 Å². The zero-order valence-electron chi connectivity index (χ0n) is 21.5. The van der Waals surface area contributed by atoms with E-state index in [0.29, 0.717) is 34.6 Å². The van der Waals surface area contributed by atoms with Gasteiger partial charge in [-0.05, 0) is 0 Å². The monoisotopic (exact) mass is 528 g/mol. The normalized spacial score (nSPS) is 12.9. The molecule has 0 aromatic heterocycles. The van der Waals surface area contributed by atoms with E-state index in [1.165, 1.54) is 15.9 Å². The van der Waals surface area contributed by atoms with Gasteiger partial charge in [-0.15, -0.1) is 0 Å². The number of carbonyl (C=O) groups excluding carboxylic acids is 2. The fraction of sp³-hybridized carbons (Fsp3) is 0.0857. The second-order valence-electron chi connectivity index (χ2n) is 9.87. The molecule has 0 saturated heterocycles. The number of ketones is 2. The fourth-order valence-corrected chi connectivity index (χ4v) is 10.6. The van der Waals surface area contributed by atoms with Crippen molar-refractivity contribution < 1.29 is 14.3 Å². The predicted molar refractivity (Wildman–Crippen MR) is 161 cm³/mol. The Morgan fingerprint density at radius 3 is 1.44 bits per heavy atom. The molecule has 0 bridgehead atoms. The van der Waals surface area contributed by atoms with E-state index in [4.69, 9.17) is 4.74 Å². The van der Waals surface area contributed by atoms with Gasteiger partial charge in [0.2, 0.25) is 0 Å². The van der Waals surface area contributed by atoms with E-state index < -0.39 is 7.26 Å². The summed E-state index contributed by atoms with van der Waals surface area (Å²) in [4.78, 5) is 26.1. The summed E-state index contributed by atoms with van der Waals surface area (Å²) in [5.41, 5.74) is 1.77. The Labute approximate surface area is 229 Å². The molecule has 0 aliphatic heterocycles. The summed E-state index contributed by atoms with van der Waals surface area (Å²) >= 11 is 0. The third-order valence-corrected chi connectivity index (χ3v) is 12.7. The Morgan fingerprint density at radius 2 is 0.923 bits per heavy atom. The van der Waals surface area contributed by atoms with Gasteiger partial charge in [-0.2, -0.15) is 0 Å².